The number of carbonyl (C=O) groups is 2. The Morgan fingerprint density at radius 3 is 2.62 bits per heavy atom. The van der Waals surface area contributed by atoms with Gasteiger partial charge in [0.25, 0.3) is 5.91 Å². The highest BCUT2D eigenvalue weighted by Crippen LogP contribution is 2.19. The third-order valence-electron chi connectivity index (χ3n) is 3.84. The summed E-state index contributed by atoms with van der Waals surface area (Å²) >= 11 is 0. The number of nitrogens with zero attached hydrogens (tertiary/aromatic N) is 2. The van der Waals surface area contributed by atoms with E-state index in [1.165, 1.54) is 0 Å². The summed E-state index contributed by atoms with van der Waals surface area (Å²) < 4.78 is 10.4. The van der Waals surface area contributed by atoms with E-state index in [1.54, 1.807) is 17.9 Å². The maximum Gasteiger partial charge on any atom is 0.274 e. The largest absolute Gasteiger partial charge is 0.378 e. The molecule has 2 amide bonds. The van der Waals surface area contributed by atoms with Crippen LogP contribution in [-0.2, 0) is 9.53 Å². The zero-order valence-electron chi connectivity index (χ0n) is 13.4. The highest BCUT2D eigenvalue weighted by molar-refractivity contribution is 5.96. The maximum atomic E-state index is 12.3. The molecule has 0 unspecified atom stereocenters. The van der Waals surface area contributed by atoms with E-state index >= 15 is 0 Å². The number of nitrogens with one attached hydrogen (secondary N) is 1. The Kier molecular flexibility index (Phi) is 4.90. The van der Waals surface area contributed by atoms with Gasteiger partial charge < -0.3 is 19.5 Å². The van der Waals surface area contributed by atoms with Gasteiger partial charge in [-0.15, -0.1) is 0 Å². The first kappa shape index (κ1) is 16.2. The Labute approximate surface area is 139 Å². The topological polar surface area (TPSA) is 84.7 Å². The molecular weight excluding hydrogens is 310 g/mol. The van der Waals surface area contributed by atoms with Crippen molar-refractivity contribution in [3.8, 4) is 11.3 Å². The summed E-state index contributed by atoms with van der Waals surface area (Å²) in [4.78, 5) is 26.2. The van der Waals surface area contributed by atoms with Crippen molar-refractivity contribution in [3.05, 3.63) is 42.1 Å². The predicted octanol–water partition coefficient (Wildman–Crippen LogP) is 1.32. The van der Waals surface area contributed by atoms with Crippen LogP contribution < -0.4 is 5.32 Å². The Morgan fingerprint density at radius 1 is 1.21 bits per heavy atom. The summed E-state index contributed by atoms with van der Waals surface area (Å²) in [5.74, 6) is -0.0543. The minimum Gasteiger partial charge on any atom is -0.378 e. The van der Waals surface area contributed by atoms with Gasteiger partial charge in [-0.1, -0.05) is 35.5 Å². The summed E-state index contributed by atoms with van der Waals surface area (Å²) in [5.41, 5.74) is 0.983. The number of hydrogen-bond donors (Lipinski definition) is 1. The monoisotopic (exact) mass is 329 g/mol. The van der Waals surface area contributed by atoms with E-state index in [0.29, 0.717) is 32.1 Å². The van der Waals surface area contributed by atoms with E-state index in [9.17, 15) is 9.59 Å². The number of aromatic nitrogens is 1. The number of morpholine rings is 1. The van der Waals surface area contributed by atoms with E-state index in [4.69, 9.17) is 9.26 Å². The molecule has 0 radical (unpaired) electrons. The second kappa shape index (κ2) is 7.27. The smallest absolute Gasteiger partial charge is 0.274 e. The summed E-state index contributed by atoms with van der Waals surface area (Å²) in [7, 11) is 0. The summed E-state index contributed by atoms with van der Waals surface area (Å²) in [5, 5.41) is 6.45. The molecule has 1 atom stereocenters. The molecule has 0 aliphatic carbocycles. The summed E-state index contributed by atoms with van der Waals surface area (Å²) in [6.45, 7) is 3.79. The first-order valence-electron chi connectivity index (χ1n) is 7.84. The van der Waals surface area contributed by atoms with Gasteiger partial charge in [0.15, 0.2) is 11.5 Å². The molecule has 1 saturated heterocycles. The average Bonchev–Trinajstić information content (AvgIpc) is 3.13. The lowest BCUT2D eigenvalue weighted by molar-refractivity contribution is -0.136. The van der Waals surface area contributed by atoms with Gasteiger partial charge in [-0.25, -0.2) is 0 Å². The third-order valence-corrected chi connectivity index (χ3v) is 3.84. The van der Waals surface area contributed by atoms with Crippen molar-refractivity contribution in [2.24, 2.45) is 0 Å². The molecule has 0 bridgehead atoms. The molecule has 1 aliphatic heterocycles. The Bertz CT molecular complexity index is 708. The highest BCUT2D eigenvalue weighted by atomic mass is 16.5. The molecule has 126 valence electrons. The normalized spacial score (nSPS) is 15.8. The van der Waals surface area contributed by atoms with E-state index in [1.807, 2.05) is 30.3 Å². The summed E-state index contributed by atoms with van der Waals surface area (Å²) in [6.07, 6.45) is 0. The molecule has 1 N–H and O–H groups in total. The molecular formula is C17H19N3O4. The predicted molar refractivity (Wildman–Crippen MR) is 86.3 cm³/mol. The fourth-order valence-electron chi connectivity index (χ4n) is 2.51. The lowest BCUT2D eigenvalue weighted by Crippen LogP contribution is -2.50. The Hall–Kier alpha value is -2.67. The van der Waals surface area contributed by atoms with E-state index < -0.39 is 11.9 Å². The minimum absolute atomic E-state index is 0.126. The summed E-state index contributed by atoms with van der Waals surface area (Å²) in [6, 6.07) is 10.3. The number of ether oxygens (including phenoxy) is 1. The first-order valence-corrected chi connectivity index (χ1v) is 7.84. The molecule has 1 aliphatic rings. The number of benzene rings is 1. The molecule has 3 rings (SSSR count). The van der Waals surface area contributed by atoms with E-state index in [0.717, 1.165) is 5.56 Å². The van der Waals surface area contributed by atoms with Crippen molar-refractivity contribution in [2.75, 3.05) is 26.3 Å². The van der Waals surface area contributed by atoms with Crippen LogP contribution in [0.5, 0.6) is 0 Å². The third kappa shape index (κ3) is 3.62. The van der Waals surface area contributed by atoms with Gasteiger partial charge in [-0.2, -0.15) is 0 Å². The zero-order chi connectivity index (χ0) is 16.9. The van der Waals surface area contributed by atoms with Crippen LogP contribution in [0.25, 0.3) is 11.3 Å². The van der Waals surface area contributed by atoms with Gasteiger partial charge in [0, 0.05) is 24.7 Å². The van der Waals surface area contributed by atoms with Crippen LogP contribution >= 0.6 is 0 Å². The second-order valence-electron chi connectivity index (χ2n) is 5.58. The van der Waals surface area contributed by atoms with Crippen LogP contribution in [0.15, 0.2) is 40.9 Å². The highest BCUT2D eigenvalue weighted by Gasteiger charge is 2.25. The molecule has 2 heterocycles. The van der Waals surface area contributed by atoms with Crippen molar-refractivity contribution in [1.29, 1.82) is 0 Å². The SMILES string of the molecule is C[C@@H](NC(=O)c1cc(-c2ccccc2)on1)C(=O)N1CCOCC1. The van der Waals surface area contributed by atoms with Gasteiger partial charge >= 0.3 is 0 Å². The minimum atomic E-state index is -0.632. The lowest BCUT2D eigenvalue weighted by Gasteiger charge is -2.29. The fraction of sp³-hybridized carbons (Fsp3) is 0.353. The molecule has 0 spiro atoms. The lowest BCUT2D eigenvalue weighted by atomic mass is 10.1. The molecule has 7 heteroatoms. The fourth-order valence-corrected chi connectivity index (χ4v) is 2.51. The van der Waals surface area contributed by atoms with Gasteiger partial charge in [0.05, 0.1) is 13.2 Å². The van der Waals surface area contributed by atoms with Crippen LogP contribution in [0.2, 0.25) is 0 Å². The van der Waals surface area contributed by atoms with Gasteiger partial charge in [-0.3, -0.25) is 9.59 Å². The number of rotatable bonds is 4. The number of hydrogen-bond acceptors (Lipinski definition) is 5. The van der Waals surface area contributed by atoms with Gasteiger partial charge in [0.2, 0.25) is 5.91 Å². The second-order valence-corrected chi connectivity index (χ2v) is 5.58. The molecule has 7 nitrogen and oxygen atoms in total. The van der Waals surface area contributed by atoms with Crippen molar-refractivity contribution >= 4 is 11.8 Å². The number of amides is 2. The molecule has 0 saturated carbocycles. The molecule has 1 aromatic carbocycles. The molecule has 24 heavy (non-hydrogen) atoms. The van der Waals surface area contributed by atoms with E-state index in [2.05, 4.69) is 10.5 Å². The Balaban J connectivity index is 1.62. The standard InChI is InChI=1S/C17H19N3O4/c1-12(17(22)20-7-9-23-10-8-20)18-16(21)14-11-15(24-19-14)13-5-3-2-4-6-13/h2-6,11-12H,7-10H2,1H3,(H,18,21)/t12-/m1/s1. The molecule has 1 fully saturated rings. The van der Waals surface area contributed by atoms with Crippen LogP contribution in [0.1, 0.15) is 17.4 Å². The van der Waals surface area contributed by atoms with Crippen LogP contribution in [0, 0.1) is 0 Å². The van der Waals surface area contributed by atoms with Crippen LogP contribution in [0.3, 0.4) is 0 Å². The van der Waals surface area contributed by atoms with Crippen molar-refractivity contribution in [1.82, 2.24) is 15.4 Å². The Morgan fingerprint density at radius 2 is 1.92 bits per heavy atom. The molecule has 2 aromatic rings. The van der Waals surface area contributed by atoms with Crippen molar-refractivity contribution < 1.29 is 18.8 Å². The number of carbonyl (C=O) groups excluding carboxylic acids is 2. The van der Waals surface area contributed by atoms with Crippen molar-refractivity contribution in [2.45, 2.75) is 13.0 Å². The maximum absolute atomic E-state index is 12.3. The van der Waals surface area contributed by atoms with Crippen LogP contribution in [0.4, 0.5) is 0 Å². The quantitative estimate of drug-likeness (QED) is 0.914. The van der Waals surface area contributed by atoms with Crippen molar-refractivity contribution in [3.63, 3.8) is 0 Å². The first-order chi connectivity index (χ1) is 11.6. The van der Waals surface area contributed by atoms with E-state index in [-0.39, 0.29) is 11.6 Å². The van der Waals surface area contributed by atoms with Gasteiger partial charge in [0.1, 0.15) is 6.04 Å². The van der Waals surface area contributed by atoms with Crippen LogP contribution in [-0.4, -0.2) is 54.2 Å². The van der Waals surface area contributed by atoms with Gasteiger partial charge in [-0.05, 0) is 6.92 Å². The average molecular weight is 329 g/mol. The molecule has 1 aromatic heterocycles. The zero-order valence-corrected chi connectivity index (χ0v) is 13.4.